The molecule has 0 N–H and O–H groups in total. The summed E-state index contributed by atoms with van der Waals surface area (Å²) in [6.07, 6.45) is 1.79. The highest BCUT2D eigenvalue weighted by molar-refractivity contribution is 9.10. The standard InChI is InChI=1S/C14H18BrN3O/c1-2-13-16-14(15)18(17-13)9-6-10-19-11-12-7-4-3-5-8-12/h3-5,7-8H,2,6,9-11H2,1H3. The van der Waals surface area contributed by atoms with E-state index in [0.717, 1.165) is 36.6 Å². The van der Waals surface area contributed by atoms with Crippen LogP contribution in [0.5, 0.6) is 0 Å². The Morgan fingerprint density at radius 2 is 2.05 bits per heavy atom. The van der Waals surface area contributed by atoms with Crippen molar-refractivity contribution in [3.63, 3.8) is 0 Å². The molecular weight excluding hydrogens is 306 g/mol. The van der Waals surface area contributed by atoms with Crippen LogP contribution in [-0.4, -0.2) is 21.4 Å². The van der Waals surface area contributed by atoms with E-state index in [2.05, 4.69) is 45.1 Å². The van der Waals surface area contributed by atoms with E-state index in [1.807, 2.05) is 22.9 Å². The Kier molecular flexibility index (Phi) is 5.54. The van der Waals surface area contributed by atoms with Gasteiger partial charge in [0.2, 0.25) is 0 Å². The van der Waals surface area contributed by atoms with E-state index in [4.69, 9.17) is 4.74 Å². The van der Waals surface area contributed by atoms with Crippen molar-refractivity contribution >= 4 is 15.9 Å². The highest BCUT2D eigenvalue weighted by Crippen LogP contribution is 2.08. The van der Waals surface area contributed by atoms with Crippen molar-refractivity contribution in [2.24, 2.45) is 0 Å². The Bertz CT molecular complexity index is 499. The Balaban J connectivity index is 1.68. The number of aromatic nitrogens is 3. The molecule has 0 spiro atoms. The zero-order valence-electron chi connectivity index (χ0n) is 11.1. The van der Waals surface area contributed by atoms with Crippen LogP contribution in [0.15, 0.2) is 35.1 Å². The Morgan fingerprint density at radius 3 is 2.74 bits per heavy atom. The molecule has 0 unspecified atom stereocenters. The molecule has 2 aromatic rings. The molecule has 0 aliphatic carbocycles. The van der Waals surface area contributed by atoms with Crippen molar-refractivity contribution in [2.45, 2.75) is 32.9 Å². The van der Waals surface area contributed by atoms with Crippen molar-refractivity contribution in [2.75, 3.05) is 6.61 Å². The molecular formula is C14H18BrN3O. The largest absolute Gasteiger partial charge is 0.377 e. The van der Waals surface area contributed by atoms with Crippen molar-refractivity contribution in [3.05, 3.63) is 46.5 Å². The predicted molar refractivity (Wildman–Crippen MR) is 77.8 cm³/mol. The highest BCUT2D eigenvalue weighted by Gasteiger charge is 2.04. The third-order valence-corrected chi connectivity index (χ3v) is 3.34. The SMILES string of the molecule is CCc1nc(Br)n(CCCOCc2ccccc2)n1. The van der Waals surface area contributed by atoms with Crippen molar-refractivity contribution in [1.29, 1.82) is 0 Å². The van der Waals surface area contributed by atoms with Crippen LogP contribution < -0.4 is 0 Å². The summed E-state index contributed by atoms with van der Waals surface area (Å²) in [6.45, 7) is 4.26. The molecule has 2 rings (SSSR count). The molecule has 0 bridgehead atoms. The molecule has 0 aliphatic heterocycles. The van der Waals surface area contributed by atoms with Crippen LogP contribution in [0.25, 0.3) is 0 Å². The average molecular weight is 324 g/mol. The first kappa shape index (κ1) is 14.2. The summed E-state index contributed by atoms with van der Waals surface area (Å²) in [6, 6.07) is 10.2. The summed E-state index contributed by atoms with van der Waals surface area (Å²) in [5, 5.41) is 4.39. The van der Waals surface area contributed by atoms with Crippen LogP contribution in [0.4, 0.5) is 0 Å². The summed E-state index contributed by atoms with van der Waals surface area (Å²) in [5.41, 5.74) is 1.21. The molecule has 0 saturated carbocycles. The second kappa shape index (κ2) is 7.40. The first-order chi connectivity index (χ1) is 9.29. The molecule has 0 fully saturated rings. The third kappa shape index (κ3) is 4.44. The molecule has 1 heterocycles. The van der Waals surface area contributed by atoms with Gasteiger partial charge in [-0.15, -0.1) is 0 Å². The number of hydrogen-bond acceptors (Lipinski definition) is 3. The molecule has 4 nitrogen and oxygen atoms in total. The van der Waals surface area contributed by atoms with E-state index in [1.165, 1.54) is 5.56 Å². The lowest BCUT2D eigenvalue weighted by Gasteiger charge is -2.05. The van der Waals surface area contributed by atoms with Crippen molar-refractivity contribution < 1.29 is 4.74 Å². The van der Waals surface area contributed by atoms with Gasteiger partial charge in [0.1, 0.15) is 0 Å². The molecule has 102 valence electrons. The Morgan fingerprint density at radius 1 is 1.26 bits per heavy atom. The van der Waals surface area contributed by atoms with Gasteiger partial charge in [-0.2, -0.15) is 5.10 Å². The first-order valence-electron chi connectivity index (χ1n) is 6.50. The molecule has 0 amide bonds. The topological polar surface area (TPSA) is 39.9 Å². The lowest BCUT2D eigenvalue weighted by molar-refractivity contribution is 0.114. The van der Waals surface area contributed by atoms with E-state index in [-0.39, 0.29) is 0 Å². The molecule has 1 aromatic carbocycles. The van der Waals surface area contributed by atoms with Gasteiger partial charge in [-0.1, -0.05) is 37.3 Å². The normalized spacial score (nSPS) is 10.8. The maximum absolute atomic E-state index is 5.64. The second-order valence-corrected chi connectivity index (χ2v) is 4.97. The van der Waals surface area contributed by atoms with Gasteiger partial charge in [0.25, 0.3) is 0 Å². The van der Waals surface area contributed by atoms with Crippen molar-refractivity contribution in [1.82, 2.24) is 14.8 Å². The predicted octanol–water partition coefficient (Wildman–Crippen LogP) is 3.21. The average Bonchev–Trinajstić information content (AvgIpc) is 2.80. The molecule has 0 aliphatic rings. The number of nitrogens with zero attached hydrogens (tertiary/aromatic N) is 3. The summed E-state index contributed by atoms with van der Waals surface area (Å²) >= 11 is 3.41. The third-order valence-electron chi connectivity index (χ3n) is 2.76. The molecule has 0 radical (unpaired) electrons. The smallest absolute Gasteiger partial charge is 0.195 e. The number of rotatable bonds is 7. The van der Waals surface area contributed by atoms with Crippen LogP contribution in [0.3, 0.4) is 0 Å². The summed E-state index contributed by atoms with van der Waals surface area (Å²) in [4.78, 5) is 4.30. The van der Waals surface area contributed by atoms with E-state index in [9.17, 15) is 0 Å². The van der Waals surface area contributed by atoms with Crippen molar-refractivity contribution in [3.8, 4) is 0 Å². The second-order valence-electron chi connectivity index (χ2n) is 4.27. The Hall–Kier alpha value is -1.20. The maximum Gasteiger partial charge on any atom is 0.195 e. The van der Waals surface area contributed by atoms with Crippen LogP contribution in [0.2, 0.25) is 0 Å². The van der Waals surface area contributed by atoms with Gasteiger partial charge < -0.3 is 4.74 Å². The molecule has 0 atom stereocenters. The summed E-state index contributed by atoms with van der Waals surface area (Å²) in [5.74, 6) is 0.872. The number of ether oxygens (including phenoxy) is 1. The number of halogens is 1. The fourth-order valence-electron chi connectivity index (χ4n) is 1.74. The molecule has 5 heteroatoms. The maximum atomic E-state index is 5.64. The lowest BCUT2D eigenvalue weighted by atomic mass is 10.2. The van der Waals surface area contributed by atoms with Gasteiger partial charge in [-0.25, -0.2) is 9.67 Å². The lowest BCUT2D eigenvalue weighted by Crippen LogP contribution is -2.05. The minimum atomic E-state index is 0.666. The molecule has 0 saturated heterocycles. The zero-order chi connectivity index (χ0) is 13.5. The minimum absolute atomic E-state index is 0.666. The summed E-state index contributed by atoms with van der Waals surface area (Å²) < 4.78 is 8.32. The first-order valence-corrected chi connectivity index (χ1v) is 7.29. The Labute approximate surface area is 121 Å². The van der Waals surface area contributed by atoms with E-state index in [0.29, 0.717) is 6.61 Å². The van der Waals surface area contributed by atoms with Gasteiger partial charge in [0.05, 0.1) is 6.61 Å². The highest BCUT2D eigenvalue weighted by atomic mass is 79.9. The fraction of sp³-hybridized carbons (Fsp3) is 0.429. The van der Waals surface area contributed by atoms with Crippen LogP contribution in [0, 0.1) is 0 Å². The molecule has 19 heavy (non-hydrogen) atoms. The number of hydrogen-bond donors (Lipinski definition) is 0. The van der Waals surface area contributed by atoms with Gasteiger partial charge in [0, 0.05) is 19.6 Å². The fourth-order valence-corrected chi connectivity index (χ4v) is 2.20. The number of benzene rings is 1. The quantitative estimate of drug-likeness (QED) is 0.734. The van der Waals surface area contributed by atoms with Gasteiger partial charge in [-0.3, -0.25) is 0 Å². The number of aryl methyl sites for hydroxylation is 2. The van der Waals surface area contributed by atoms with E-state index in [1.54, 1.807) is 0 Å². The van der Waals surface area contributed by atoms with E-state index < -0.39 is 0 Å². The summed E-state index contributed by atoms with van der Waals surface area (Å²) in [7, 11) is 0. The van der Waals surface area contributed by atoms with Crippen LogP contribution >= 0.6 is 15.9 Å². The van der Waals surface area contributed by atoms with E-state index >= 15 is 0 Å². The zero-order valence-corrected chi connectivity index (χ0v) is 12.6. The van der Waals surface area contributed by atoms with Gasteiger partial charge >= 0.3 is 0 Å². The monoisotopic (exact) mass is 323 g/mol. The van der Waals surface area contributed by atoms with Crippen LogP contribution in [-0.2, 0) is 24.3 Å². The van der Waals surface area contributed by atoms with Crippen LogP contribution in [0.1, 0.15) is 24.7 Å². The minimum Gasteiger partial charge on any atom is -0.377 e. The molecule has 1 aromatic heterocycles. The van der Waals surface area contributed by atoms with Gasteiger partial charge in [-0.05, 0) is 27.9 Å². The van der Waals surface area contributed by atoms with Gasteiger partial charge in [0.15, 0.2) is 10.6 Å².